The summed E-state index contributed by atoms with van der Waals surface area (Å²) in [6, 6.07) is 6.50. The van der Waals surface area contributed by atoms with Crippen LogP contribution in [0.1, 0.15) is 52.3 Å². The minimum Gasteiger partial charge on any atom is -0.384 e. The molecule has 1 aliphatic heterocycles. The highest BCUT2D eigenvalue weighted by molar-refractivity contribution is 6.04. The number of hydrogen-bond donors (Lipinski definition) is 1. The van der Waals surface area contributed by atoms with Crippen molar-refractivity contribution < 1.29 is 22.5 Å². The number of halogens is 3. The number of nitrogens with zero attached hydrogens (tertiary/aromatic N) is 4. The third kappa shape index (κ3) is 3.93. The molecule has 0 saturated carbocycles. The van der Waals surface area contributed by atoms with Crippen molar-refractivity contribution in [2.75, 3.05) is 5.73 Å². The lowest BCUT2D eigenvalue weighted by molar-refractivity contribution is -0.137. The van der Waals surface area contributed by atoms with E-state index in [0.29, 0.717) is 28.4 Å². The number of Topliss-reactive ketones (excluding diaryl/α,β-unsaturated/α-hetero) is 1. The van der Waals surface area contributed by atoms with Crippen molar-refractivity contribution in [2.45, 2.75) is 31.9 Å². The number of carbonyl (C=O) groups is 1. The SMILES string of the molecule is C[C@@H](CC(=O)c1cc(N)ncn1)c1cc(C2=Nc3ccc(C(F)(F)F)cc3C2)on1. The summed E-state index contributed by atoms with van der Waals surface area (Å²) in [7, 11) is 0. The number of nitrogen functional groups attached to an aromatic ring is 1. The van der Waals surface area contributed by atoms with E-state index < -0.39 is 11.7 Å². The molecular formula is C20H16F3N5O2. The van der Waals surface area contributed by atoms with E-state index in [1.807, 2.05) is 6.92 Å². The first-order valence-corrected chi connectivity index (χ1v) is 9.06. The summed E-state index contributed by atoms with van der Waals surface area (Å²) in [6.07, 6.45) is -2.85. The summed E-state index contributed by atoms with van der Waals surface area (Å²) >= 11 is 0. The molecule has 0 radical (unpaired) electrons. The Morgan fingerprint density at radius 1 is 1.23 bits per heavy atom. The zero-order valence-electron chi connectivity index (χ0n) is 15.8. The fraction of sp³-hybridized carbons (Fsp3) is 0.250. The molecule has 7 nitrogen and oxygen atoms in total. The van der Waals surface area contributed by atoms with E-state index in [2.05, 4.69) is 20.1 Å². The van der Waals surface area contributed by atoms with Crippen LogP contribution in [-0.4, -0.2) is 26.6 Å². The second-order valence-electron chi connectivity index (χ2n) is 7.05. The van der Waals surface area contributed by atoms with Crippen molar-refractivity contribution in [3.63, 3.8) is 0 Å². The molecule has 0 bridgehead atoms. The Bertz CT molecular complexity index is 1150. The molecule has 0 amide bonds. The normalized spacial score (nSPS) is 14.3. The molecule has 1 aliphatic rings. The molecule has 1 atom stereocenters. The third-order valence-electron chi connectivity index (χ3n) is 4.80. The number of fused-ring (bicyclic) bond motifs is 1. The number of aromatic nitrogens is 3. The lowest BCUT2D eigenvalue weighted by Gasteiger charge is -2.07. The van der Waals surface area contributed by atoms with E-state index in [1.54, 1.807) is 6.07 Å². The van der Waals surface area contributed by atoms with Gasteiger partial charge in [-0.1, -0.05) is 12.1 Å². The number of anilines is 1. The van der Waals surface area contributed by atoms with Crippen molar-refractivity contribution in [1.29, 1.82) is 0 Å². The van der Waals surface area contributed by atoms with Crippen LogP contribution in [-0.2, 0) is 12.6 Å². The Labute approximate surface area is 168 Å². The van der Waals surface area contributed by atoms with E-state index in [-0.39, 0.29) is 36.1 Å². The van der Waals surface area contributed by atoms with Gasteiger partial charge in [0.05, 0.1) is 22.7 Å². The Balaban J connectivity index is 1.47. The summed E-state index contributed by atoms with van der Waals surface area (Å²) in [5, 5.41) is 4.00. The lowest BCUT2D eigenvalue weighted by Crippen LogP contribution is -2.08. The Morgan fingerprint density at radius 3 is 2.77 bits per heavy atom. The molecule has 4 rings (SSSR count). The predicted octanol–water partition coefficient (Wildman–Crippen LogP) is 4.12. The van der Waals surface area contributed by atoms with Gasteiger partial charge in [0.1, 0.15) is 17.8 Å². The first-order chi connectivity index (χ1) is 14.2. The van der Waals surface area contributed by atoms with Crippen LogP contribution in [0.4, 0.5) is 24.7 Å². The second-order valence-corrected chi connectivity index (χ2v) is 7.05. The van der Waals surface area contributed by atoms with Crippen molar-refractivity contribution in [3.8, 4) is 0 Å². The van der Waals surface area contributed by atoms with Gasteiger partial charge in [-0.3, -0.25) is 4.79 Å². The average molecular weight is 415 g/mol. The highest BCUT2D eigenvalue weighted by Crippen LogP contribution is 2.36. The summed E-state index contributed by atoms with van der Waals surface area (Å²) in [6.45, 7) is 1.81. The van der Waals surface area contributed by atoms with Gasteiger partial charge >= 0.3 is 6.18 Å². The van der Waals surface area contributed by atoms with Gasteiger partial charge in [-0.2, -0.15) is 13.2 Å². The summed E-state index contributed by atoms with van der Waals surface area (Å²) < 4.78 is 44.1. The fourth-order valence-electron chi connectivity index (χ4n) is 3.19. The average Bonchev–Trinajstić information content (AvgIpc) is 3.33. The number of ketones is 1. The highest BCUT2D eigenvalue weighted by Gasteiger charge is 2.32. The Hall–Kier alpha value is -3.56. The van der Waals surface area contributed by atoms with Gasteiger partial charge in [0.2, 0.25) is 0 Å². The predicted molar refractivity (Wildman–Crippen MR) is 102 cm³/mol. The molecule has 0 spiro atoms. The molecule has 30 heavy (non-hydrogen) atoms. The fourth-order valence-corrected chi connectivity index (χ4v) is 3.19. The number of alkyl halides is 3. The topological polar surface area (TPSA) is 107 Å². The van der Waals surface area contributed by atoms with E-state index in [1.165, 1.54) is 18.5 Å². The molecule has 0 fully saturated rings. The van der Waals surface area contributed by atoms with Crippen LogP contribution in [0.25, 0.3) is 0 Å². The van der Waals surface area contributed by atoms with E-state index in [0.717, 1.165) is 12.1 Å². The standard InChI is InChI=1S/C20H16F3N5O2/c1-10(4-17(29)15-8-19(24)26-9-25-15)14-7-18(30-28-14)16-6-11-5-12(20(21,22)23)2-3-13(11)27-16/h2-3,5,7-10H,4,6H2,1H3,(H2,24,25,26)/t10-/m0/s1. The molecule has 0 aliphatic carbocycles. The molecule has 154 valence electrons. The van der Waals surface area contributed by atoms with Gasteiger partial charge in [0, 0.05) is 30.9 Å². The molecule has 2 N–H and O–H groups in total. The molecule has 10 heteroatoms. The highest BCUT2D eigenvalue weighted by atomic mass is 19.4. The van der Waals surface area contributed by atoms with Gasteiger partial charge in [-0.25, -0.2) is 15.0 Å². The first-order valence-electron chi connectivity index (χ1n) is 9.06. The van der Waals surface area contributed by atoms with Crippen LogP contribution in [0.2, 0.25) is 0 Å². The van der Waals surface area contributed by atoms with Crippen LogP contribution in [0, 0.1) is 0 Å². The molecule has 3 aromatic rings. The monoisotopic (exact) mass is 415 g/mol. The maximum absolute atomic E-state index is 12.9. The third-order valence-corrected chi connectivity index (χ3v) is 4.80. The van der Waals surface area contributed by atoms with E-state index >= 15 is 0 Å². The van der Waals surface area contributed by atoms with Crippen LogP contribution in [0.3, 0.4) is 0 Å². The Morgan fingerprint density at radius 2 is 2.03 bits per heavy atom. The number of benzene rings is 1. The zero-order valence-corrected chi connectivity index (χ0v) is 15.8. The Kier molecular flexibility index (Phi) is 4.84. The second kappa shape index (κ2) is 7.36. The lowest BCUT2D eigenvalue weighted by atomic mass is 9.98. The minimum atomic E-state index is -4.41. The molecule has 1 aromatic carbocycles. The first kappa shape index (κ1) is 19.7. The van der Waals surface area contributed by atoms with E-state index in [9.17, 15) is 18.0 Å². The quantitative estimate of drug-likeness (QED) is 0.628. The molecular weight excluding hydrogens is 399 g/mol. The summed E-state index contributed by atoms with van der Waals surface area (Å²) in [5.74, 6) is 0.0800. The molecule has 0 unspecified atom stereocenters. The number of hydrogen-bond acceptors (Lipinski definition) is 7. The number of rotatable bonds is 5. The van der Waals surface area contributed by atoms with Gasteiger partial charge in [0.25, 0.3) is 0 Å². The number of aliphatic imine (C=N–C) groups is 1. The van der Waals surface area contributed by atoms with Crippen LogP contribution in [0.5, 0.6) is 0 Å². The molecule has 3 heterocycles. The van der Waals surface area contributed by atoms with Gasteiger partial charge in [0.15, 0.2) is 11.5 Å². The maximum atomic E-state index is 12.9. The van der Waals surface area contributed by atoms with Crippen LogP contribution < -0.4 is 5.73 Å². The zero-order chi connectivity index (χ0) is 21.5. The summed E-state index contributed by atoms with van der Waals surface area (Å²) in [4.78, 5) is 24.4. The molecule has 0 saturated heterocycles. The van der Waals surface area contributed by atoms with E-state index in [4.69, 9.17) is 10.3 Å². The smallest absolute Gasteiger partial charge is 0.384 e. The van der Waals surface area contributed by atoms with Crippen molar-refractivity contribution in [2.24, 2.45) is 4.99 Å². The van der Waals surface area contributed by atoms with Crippen LogP contribution in [0.15, 0.2) is 46.2 Å². The van der Waals surface area contributed by atoms with Gasteiger partial charge in [-0.15, -0.1) is 0 Å². The van der Waals surface area contributed by atoms with Crippen molar-refractivity contribution in [3.05, 3.63) is 64.9 Å². The van der Waals surface area contributed by atoms with Gasteiger partial charge < -0.3 is 10.3 Å². The number of nitrogens with two attached hydrogens (primary N) is 1. The van der Waals surface area contributed by atoms with Crippen molar-refractivity contribution >= 4 is 23.0 Å². The summed E-state index contributed by atoms with van der Waals surface area (Å²) in [5.41, 5.74) is 7.05. The van der Waals surface area contributed by atoms with Gasteiger partial charge in [-0.05, 0) is 23.8 Å². The van der Waals surface area contributed by atoms with Crippen molar-refractivity contribution in [1.82, 2.24) is 15.1 Å². The minimum absolute atomic E-state index is 0.129. The van der Waals surface area contributed by atoms with Crippen LogP contribution >= 0.6 is 0 Å². The largest absolute Gasteiger partial charge is 0.416 e. The molecule has 2 aromatic heterocycles. The number of carbonyl (C=O) groups excluding carboxylic acids is 1. The maximum Gasteiger partial charge on any atom is 0.416 e.